The second-order valence-corrected chi connectivity index (χ2v) is 8.02. The van der Waals surface area contributed by atoms with Gasteiger partial charge in [0.15, 0.2) is 0 Å². The summed E-state index contributed by atoms with van der Waals surface area (Å²) in [4.78, 5) is 17.0. The predicted octanol–water partition coefficient (Wildman–Crippen LogP) is 3.13. The number of benzene rings is 1. The highest BCUT2D eigenvalue weighted by atomic mass is 16.4. The van der Waals surface area contributed by atoms with Crippen LogP contribution in [0.4, 0.5) is 0 Å². The number of hydrogen-bond acceptors (Lipinski definition) is 4. The Kier molecular flexibility index (Phi) is 4.42. The van der Waals surface area contributed by atoms with Crippen molar-refractivity contribution < 1.29 is 4.42 Å². The quantitative estimate of drug-likeness (QED) is 0.801. The van der Waals surface area contributed by atoms with Crippen molar-refractivity contribution in [2.24, 2.45) is 11.8 Å². The van der Waals surface area contributed by atoms with Gasteiger partial charge in [-0.25, -0.2) is 4.79 Å². The van der Waals surface area contributed by atoms with E-state index in [0.29, 0.717) is 5.58 Å². The minimum Gasteiger partial charge on any atom is -0.423 e. The van der Waals surface area contributed by atoms with Crippen LogP contribution in [0, 0.1) is 11.8 Å². The van der Waals surface area contributed by atoms with Crippen LogP contribution in [0.25, 0.3) is 11.0 Å². The molecule has 1 saturated carbocycles. The van der Waals surface area contributed by atoms with Gasteiger partial charge in [-0.05, 0) is 68.5 Å². The first-order valence-electron chi connectivity index (χ1n) is 9.49. The summed E-state index contributed by atoms with van der Waals surface area (Å²) in [5, 5.41) is 1.10. The molecule has 2 heterocycles. The van der Waals surface area contributed by atoms with E-state index < -0.39 is 0 Å². The molecule has 134 valence electrons. The van der Waals surface area contributed by atoms with Crippen LogP contribution in [0.1, 0.15) is 30.9 Å². The van der Waals surface area contributed by atoms with E-state index in [1.54, 1.807) is 6.07 Å². The molecule has 0 radical (unpaired) electrons. The van der Waals surface area contributed by atoms with E-state index in [1.165, 1.54) is 18.4 Å². The summed E-state index contributed by atoms with van der Waals surface area (Å²) in [5.74, 6) is 1.51. The zero-order valence-electron chi connectivity index (χ0n) is 15.5. The molecule has 2 aromatic rings. The molecule has 2 fully saturated rings. The summed E-state index contributed by atoms with van der Waals surface area (Å²) in [7, 11) is 4.43. The number of rotatable bonds is 4. The van der Waals surface area contributed by atoms with Gasteiger partial charge in [0.25, 0.3) is 0 Å². The third kappa shape index (κ3) is 3.13. The summed E-state index contributed by atoms with van der Waals surface area (Å²) in [6.07, 6.45) is 3.66. The average molecular weight is 340 g/mol. The van der Waals surface area contributed by atoms with Crippen molar-refractivity contribution in [3.05, 3.63) is 45.8 Å². The van der Waals surface area contributed by atoms with Gasteiger partial charge in [0, 0.05) is 37.1 Å². The number of piperidine rings is 1. The highest BCUT2D eigenvalue weighted by Gasteiger charge is 2.42. The number of hydrogen-bond donors (Lipinski definition) is 0. The Hall–Kier alpha value is -1.65. The van der Waals surface area contributed by atoms with E-state index in [9.17, 15) is 4.79 Å². The molecule has 1 aliphatic carbocycles. The lowest BCUT2D eigenvalue weighted by Gasteiger charge is -2.41. The van der Waals surface area contributed by atoms with Crippen LogP contribution in [0.3, 0.4) is 0 Å². The Bertz CT molecular complexity index is 812. The van der Waals surface area contributed by atoms with E-state index in [1.807, 2.05) is 6.07 Å². The van der Waals surface area contributed by atoms with Crippen LogP contribution >= 0.6 is 0 Å². The molecule has 1 aromatic heterocycles. The summed E-state index contributed by atoms with van der Waals surface area (Å²) >= 11 is 0. The number of fused-ring (bicyclic) bond motifs is 3. The van der Waals surface area contributed by atoms with Crippen molar-refractivity contribution in [3.8, 4) is 0 Å². The predicted molar refractivity (Wildman–Crippen MR) is 101 cm³/mol. The molecule has 4 rings (SSSR count). The van der Waals surface area contributed by atoms with Crippen LogP contribution in [-0.2, 0) is 13.0 Å². The molecule has 1 aliphatic heterocycles. The molecular formula is C21H28N2O2. The third-order valence-electron chi connectivity index (χ3n) is 6.15. The molecule has 2 bridgehead atoms. The highest BCUT2D eigenvalue weighted by molar-refractivity contribution is 5.80. The third-order valence-corrected chi connectivity index (χ3v) is 6.15. The highest BCUT2D eigenvalue weighted by Crippen LogP contribution is 2.39. The van der Waals surface area contributed by atoms with Gasteiger partial charge in [-0.15, -0.1) is 0 Å². The van der Waals surface area contributed by atoms with Gasteiger partial charge in [0.2, 0.25) is 0 Å². The lowest BCUT2D eigenvalue weighted by Crippen LogP contribution is -2.50. The van der Waals surface area contributed by atoms with Gasteiger partial charge in [-0.1, -0.05) is 13.0 Å². The van der Waals surface area contributed by atoms with Gasteiger partial charge < -0.3 is 9.32 Å². The smallest absolute Gasteiger partial charge is 0.336 e. The molecule has 4 nitrogen and oxygen atoms in total. The first-order valence-corrected chi connectivity index (χ1v) is 9.49. The van der Waals surface area contributed by atoms with E-state index in [4.69, 9.17) is 4.42 Å². The van der Waals surface area contributed by atoms with Crippen molar-refractivity contribution in [1.29, 1.82) is 0 Å². The molecule has 3 atom stereocenters. The molecule has 4 heteroatoms. The fourth-order valence-corrected chi connectivity index (χ4v) is 5.13. The zero-order chi connectivity index (χ0) is 17.6. The second kappa shape index (κ2) is 6.58. The maximum absolute atomic E-state index is 12.0. The van der Waals surface area contributed by atoms with Crippen LogP contribution in [0.5, 0.6) is 0 Å². The van der Waals surface area contributed by atoms with Crippen molar-refractivity contribution in [2.45, 2.75) is 38.8 Å². The molecular weight excluding hydrogens is 312 g/mol. The normalized spacial score (nSPS) is 26.6. The van der Waals surface area contributed by atoms with Gasteiger partial charge in [-0.2, -0.15) is 0 Å². The Balaban J connectivity index is 1.62. The van der Waals surface area contributed by atoms with Crippen LogP contribution in [0.15, 0.2) is 33.5 Å². The van der Waals surface area contributed by atoms with Crippen LogP contribution in [0.2, 0.25) is 0 Å². The maximum atomic E-state index is 12.0. The van der Waals surface area contributed by atoms with Gasteiger partial charge in [0.1, 0.15) is 5.58 Å². The maximum Gasteiger partial charge on any atom is 0.336 e. The molecule has 0 spiro atoms. The summed E-state index contributed by atoms with van der Waals surface area (Å²) in [6, 6.07) is 8.61. The minimum absolute atomic E-state index is 0.238. The average Bonchev–Trinajstić information content (AvgIpc) is 2.86. The molecule has 1 unspecified atom stereocenters. The Morgan fingerprint density at radius 2 is 1.88 bits per heavy atom. The monoisotopic (exact) mass is 340 g/mol. The summed E-state index contributed by atoms with van der Waals surface area (Å²) in [5.41, 5.74) is 2.88. The zero-order valence-corrected chi connectivity index (χ0v) is 15.5. The molecule has 25 heavy (non-hydrogen) atoms. The number of likely N-dealkylation sites (tertiary alicyclic amines) is 1. The van der Waals surface area contributed by atoms with Crippen LogP contribution in [-0.4, -0.2) is 43.0 Å². The fraction of sp³-hybridized carbons (Fsp3) is 0.571. The Labute approximate surface area is 149 Å². The van der Waals surface area contributed by atoms with Gasteiger partial charge >= 0.3 is 5.63 Å². The molecule has 0 amide bonds. The first-order chi connectivity index (χ1) is 12.0. The largest absolute Gasteiger partial charge is 0.423 e. The van der Waals surface area contributed by atoms with Crippen molar-refractivity contribution in [2.75, 3.05) is 27.2 Å². The van der Waals surface area contributed by atoms with Crippen molar-refractivity contribution in [1.82, 2.24) is 9.80 Å². The summed E-state index contributed by atoms with van der Waals surface area (Å²) < 4.78 is 5.41. The Morgan fingerprint density at radius 3 is 2.52 bits per heavy atom. The van der Waals surface area contributed by atoms with E-state index in [-0.39, 0.29) is 5.63 Å². The van der Waals surface area contributed by atoms with Crippen molar-refractivity contribution >= 4 is 11.0 Å². The van der Waals surface area contributed by atoms with Gasteiger partial charge in [0.05, 0.1) is 0 Å². The molecule has 1 saturated heterocycles. The lowest BCUT2D eigenvalue weighted by atomic mass is 9.91. The molecule has 0 N–H and O–H groups in total. The fourth-order valence-electron chi connectivity index (χ4n) is 5.13. The summed E-state index contributed by atoms with van der Waals surface area (Å²) in [6.45, 7) is 5.27. The molecule has 2 aliphatic rings. The number of aryl methyl sites for hydroxylation is 1. The lowest BCUT2D eigenvalue weighted by molar-refractivity contribution is 0.0716. The standard InChI is InChI=1S/C21H28N2O2/c1-4-14-5-8-19-18(9-14)17(10-20(24)25-19)13-23-11-15-6-7-16(12-23)21(15)22(2)3/h5,8-10,15-16,21H,4,6-7,11-13H2,1-3H3/t15-,16+,21?. The Morgan fingerprint density at radius 1 is 1.16 bits per heavy atom. The SMILES string of the molecule is CCc1ccc2oc(=O)cc(CN3C[C@H]4CC[C@@H](C3)C4N(C)C)c2c1. The van der Waals surface area contributed by atoms with Gasteiger partial charge in [-0.3, -0.25) is 4.90 Å². The van der Waals surface area contributed by atoms with E-state index in [0.717, 1.165) is 54.9 Å². The first kappa shape index (κ1) is 16.8. The topological polar surface area (TPSA) is 36.7 Å². The van der Waals surface area contributed by atoms with E-state index >= 15 is 0 Å². The van der Waals surface area contributed by atoms with Crippen molar-refractivity contribution in [3.63, 3.8) is 0 Å². The minimum atomic E-state index is -0.238. The second-order valence-electron chi connectivity index (χ2n) is 8.02. The number of nitrogens with zero attached hydrogens (tertiary/aromatic N) is 2. The van der Waals surface area contributed by atoms with E-state index in [2.05, 4.69) is 43.0 Å². The van der Waals surface area contributed by atoms with Crippen LogP contribution < -0.4 is 5.63 Å². The molecule has 1 aromatic carbocycles.